The molecule has 0 atom stereocenters. The number of benzene rings is 1. The van der Waals surface area contributed by atoms with Crippen LogP contribution in [0, 0.1) is 0 Å². The lowest BCUT2D eigenvalue weighted by atomic mass is 10.3. The summed E-state index contributed by atoms with van der Waals surface area (Å²) in [5.74, 6) is 0.0718. The number of hydrogen-bond donors (Lipinski definition) is 0. The van der Waals surface area contributed by atoms with E-state index in [4.69, 9.17) is 0 Å². The number of hydrogen-bond acceptors (Lipinski definition) is 1. The predicted octanol–water partition coefficient (Wildman–Crippen LogP) is 2.28. The first kappa shape index (κ1) is 11.4. The van der Waals surface area contributed by atoms with Gasteiger partial charge in [-0.1, -0.05) is 30.3 Å². The zero-order valence-electron chi connectivity index (χ0n) is 8.24. The van der Waals surface area contributed by atoms with Crippen molar-refractivity contribution in [2.45, 2.75) is 0 Å². The Balaban J connectivity index is 0.000000217. The Kier molecular flexibility index (Phi) is 4.92. The van der Waals surface area contributed by atoms with Gasteiger partial charge < -0.3 is 5.11 Å². The molecule has 1 rings (SSSR count). The van der Waals surface area contributed by atoms with Crippen LogP contribution in [-0.4, -0.2) is 26.7 Å². The molecule has 1 aromatic carbocycles. The maximum atomic E-state index is 10.3. The molecule has 1 aromatic rings. The van der Waals surface area contributed by atoms with Gasteiger partial charge in [-0.05, 0) is 0 Å². The summed E-state index contributed by atoms with van der Waals surface area (Å²) in [5.41, 5.74) is 0. The van der Waals surface area contributed by atoms with Crippen LogP contribution in [-0.2, 0) is 0 Å². The first-order valence-electron chi connectivity index (χ1n) is 3.90. The molecular formula is C10H17OP. The lowest BCUT2D eigenvalue weighted by Gasteiger charge is -1.98. The van der Waals surface area contributed by atoms with Crippen LogP contribution in [0.15, 0.2) is 30.3 Å². The monoisotopic (exact) mass is 184 g/mol. The molecule has 0 aromatic heterocycles. The fraction of sp³-hybridized carbons (Fsp3) is 0.400. The van der Waals surface area contributed by atoms with Gasteiger partial charge in [0.2, 0.25) is 0 Å². The predicted molar refractivity (Wildman–Crippen MR) is 56.5 cm³/mol. The lowest BCUT2D eigenvalue weighted by Crippen LogP contribution is -1.85. The summed E-state index contributed by atoms with van der Waals surface area (Å²) in [7, 11) is -0.389. The number of rotatable bonds is 0. The summed E-state index contributed by atoms with van der Waals surface area (Å²) in [4.78, 5) is 0. The Morgan fingerprint density at radius 3 is 1.42 bits per heavy atom. The molecule has 0 aliphatic heterocycles. The van der Waals surface area contributed by atoms with Crippen molar-refractivity contribution in [3.8, 4) is 5.75 Å². The molecule has 68 valence electrons. The van der Waals surface area contributed by atoms with Gasteiger partial charge in [-0.3, -0.25) is 0 Å². The van der Waals surface area contributed by atoms with E-state index in [9.17, 15) is 5.11 Å². The molecule has 0 aliphatic carbocycles. The summed E-state index contributed by atoms with van der Waals surface area (Å²) in [5, 5.41) is 10.3. The quantitative estimate of drug-likeness (QED) is 0.567. The Hall–Kier alpha value is -0.550. The minimum absolute atomic E-state index is 0.0718. The van der Waals surface area contributed by atoms with E-state index in [2.05, 4.69) is 26.7 Å². The van der Waals surface area contributed by atoms with Gasteiger partial charge in [0.05, 0.1) is 0 Å². The van der Waals surface area contributed by atoms with Crippen molar-refractivity contribution in [1.82, 2.24) is 0 Å². The minimum atomic E-state index is -0.389. The molecule has 0 saturated heterocycles. The molecule has 1 nitrogen and oxygen atoms in total. The molecule has 0 amide bonds. The Morgan fingerprint density at radius 2 is 1.25 bits per heavy atom. The third-order valence-electron chi connectivity index (χ3n) is 0.743. The molecule has 2 heteroatoms. The molecule has 12 heavy (non-hydrogen) atoms. The van der Waals surface area contributed by atoms with E-state index in [1.54, 1.807) is 12.1 Å². The summed E-state index contributed by atoms with van der Waals surface area (Å²) in [6, 6.07) is 8.33. The fourth-order valence-electron chi connectivity index (χ4n) is 0.420. The second-order valence-electron chi connectivity index (χ2n) is 4.00. The van der Waals surface area contributed by atoms with E-state index >= 15 is 0 Å². The van der Waals surface area contributed by atoms with E-state index in [1.807, 2.05) is 6.07 Å². The second kappa shape index (κ2) is 5.16. The molecule has 0 aliphatic rings. The van der Waals surface area contributed by atoms with Gasteiger partial charge in [-0.15, -0.1) is 5.75 Å². The fourth-order valence-corrected chi connectivity index (χ4v) is 0.420. The molecule has 0 N–H and O–H groups in total. The van der Waals surface area contributed by atoms with E-state index in [0.29, 0.717) is 0 Å². The van der Waals surface area contributed by atoms with Crippen LogP contribution in [0.4, 0.5) is 0 Å². The van der Waals surface area contributed by atoms with Gasteiger partial charge in [0.1, 0.15) is 0 Å². The number of para-hydroxylation sites is 1. The third-order valence-corrected chi connectivity index (χ3v) is 0.743. The van der Waals surface area contributed by atoms with Crippen LogP contribution >= 0.6 is 7.26 Å². The third kappa shape index (κ3) is 12.2. The zero-order valence-corrected chi connectivity index (χ0v) is 9.14. The molecule has 0 saturated carbocycles. The lowest BCUT2D eigenvalue weighted by molar-refractivity contribution is -0.268. The first-order valence-corrected chi connectivity index (χ1v) is 7.48. The Bertz CT molecular complexity index is 195. The average molecular weight is 184 g/mol. The standard InChI is InChI=1S/C6H6O.C4H12P/c7-6-4-2-1-3-5-6;1-5(2,3)4/h1-5,7H;1-4H3/q;+1/p-1. The SMILES string of the molecule is C[P+](C)(C)C.[O-]c1ccccc1. The highest BCUT2D eigenvalue weighted by Gasteiger charge is 2.03. The molecular weight excluding hydrogens is 167 g/mol. The normalized spacial score (nSPS) is 10.0. The van der Waals surface area contributed by atoms with Gasteiger partial charge in [-0.25, -0.2) is 0 Å². The highest BCUT2D eigenvalue weighted by Crippen LogP contribution is 2.40. The maximum absolute atomic E-state index is 10.3. The second-order valence-corrected chi connectivity index (χ2v) is 9.36. The zero-order chi connectivity index (χ0) is 9.61. The average Bonchev–Trinajstić information content (AvgIpc) is 1.85. The van der Waals surface area contributed by atoms with E-state index in [1.165, 1.54) is 12.1 Å². The van der Waals surface area contributed by atoms with Crippen molar-refractivity contribution >= 4 is 7.26 Å². The van der Waals surface area contributed by atoms with Crippen molar-refractivity contribution in [2.24, 2.45) is 0 Å². The molecule has 0 bridgehead atoms. The van der Waals surface area contributed by atoms with Gasteiger partial charge in [0.15, 0.2) is 0 Å². The van der Waals surface area contributed by atoms with Gasteiger partial charge in [-0.2, -0.15) is 0 Å². The topological polar surface area (TPSA) is 23.1 Å². The smallest absolute Gasteiger partial charge is 0.0481 e. The van der Waals surface area contributed by atoms with Crippen LogP contribution in [0.1, 0.15) is 0 Å². The summed E-state index contributed by atoms with van der Waals surface area (Å²) in [6.07, 6.45) is 0. The first-order chi connectivity index (χ1) is 5.39. The van der Waals surface area contributed by atoms with E-state index in [-0.39, 0.29) is 13.0 Å². The highest BCUT2D eigenvalue weighted by molar-refractivity contribution is 7.72. The Morgan fingerprint density at radius 1 is 0.917 bits per heavy atom. The molecule has 0 unspecified atom stereocenters. The van der Waals surface area contributed by atoms with Gasteiger partial charge in [0.25, 0.3) is 0 Å². The largest absolute Gasteiger partial charge is 0.872 e. The van der Waals surface area contributed by atoms with Gasteiger partial charge >= 0.3 is 0 Å². The molecule has 0 spiro atoms. The highest BCUT2D eigenvalue weighted by atomic mass is 31.2. The van der Waals surface area contributed by atoms with Crippen LogP contribution in [0.5, 0.6) is 5.75 Å². The van der Waals surface area contributed by atoms with E-state index in [0.717, 1.165) is 0 Å². The van der Waals surface area contributed by atoms with Crippen molar-refractivity contribution in [3.05, 3.63) is 30.3 Å². The minimum Gasteiger partial charge on any atom is -0.872 e. The molecule has 0 fully saturated rings. The van der Waals surface area contributed by atoms with E-state index < -0.39 is 0 Å². The van der Waals surface area contributed by atoms with Crippen LogP contribution < -0.4 is 5.11 Å². The van der Waals surface area contributed by atoms with Gasteiger partial charge in [0, 0.05) is 33.9 Å². The Labute approximate surface area is 75.8 Å². The van der Waals surface area contributed by atoms with Crippen molar-refractivity contribution < 1.29 is 5.11 Å². The molecule has 0 heterocycles. The molecule has 0 radical (unpaired) electrons. The maximum Gasteiger partial charge on any atom is 0.0481 e. The van der Waals surface area contributed by atoms with Crippen molar-refractivity contribution in [1.29, 1.82) is 0 Å². The summed E-state index contributed by atoms with van der Waals surface area (Å²) in [6.45, 7) is 9.19. The van der Waals surface area contributed by atoms with Crippen LogP contribution in [0.25, 0.3) is 0 Å². The summed E-state index contributed by atoms with van der Waals surface area (Å²) < 4.78 is 0. The van der Waals surface area contributed by atoms with Crippen molar-refractivity contribution in [3.63, 3.8) is 0 Å². The van der Waals surface area contributed by atoms with Crippen LogP contribution in [0.3, 0.4) is 0 Å². The van der Waals surface area contributed by atoms with Crippen LogP contribution in [0.2, 0.25) is 0 Å². The summed E-state index contributed by atoms with van der Waals surface area (Å²) >= 11 is 0. The van der Waals surface area contributed by atoms with Crippen molar-refractivity contribution in [2.75, 3.05) is 26.7 Å².